The molecule has 20 heavy (non-hydrogen) atoms. The molecule has 0 bridgehead atoms. The van der Waals surface area contributed by atoms with Gasteiger partial charge in [0.2, 0.25) is 11.8 Å². The molecule has 5 nitrogen and oxygen atoms in total. The zero-order valence-electron chi connectivity index (χ0n) is 11.7. The maximum atomic E-state index is 12.3. The van der Waals surface area contributed by atoms with Gasteiger partial charge in [-0.2, -0.15) is 0 Å². The van der Waals surface area contributed by atoms with Gasteiger partial charge in [-0.1, -0.05) is 19.1 Å². The quantitative estimate of drug-likeness (QED) is 0.747. The van der Waals surface area contributed by atoms with Gasteiger partial charge in [-0.3, -0.25) is 9.59 Å². The van der Waals surface area contributed by atoms with Crippen molar-refractivity contribution in [3.05, 3.63) is 35.4 Å². The van der Waals surface area contributed by atoms with Crippen LogP contribution in [0.3, 0.4) is 0 Å². The van der Waals surface area contributed by atoms with Crippen molar-refractivity contribution in [2.24, 2.45) is 5.73 Å². The van der Waals surface area contributed by atoms with E-state index in [-0.39, 0.29) is 5.91 Å². The molecule has 1 aliphatic heterocycles. The van der Waals surface area contributed by atoms with Crippen molar-refractivity contribution in [1.29, 1.82) is 0 Å². The molecule has 108 valence electrons. The Bertz CT molecular complexity index is 508. The van der Waals surface area contributed by atoms with E-state index in [9.17, 15) is 9.59 Å². The Morgan fingerprint density at radius 1 is 1.45 bits per heavy atom. The number of hydrogen-bond donors (Lipinski definition) is 3. The average molecular weight is 275 g/mol. The molecule has 1 heterocycles. The summed E-state index contributed by atoms with van der Waals surface area (Å²) in [6.07, 6.45) is 2.68. The molecular weight excluding hydrogens is 254 g/mol. The van der Waals surface area contributed by atoms with E-state index in [4.69, 9.17) is 5.73 Å². The second-order valence-corrected chi connectivity index (χ2v) is 5.21. The van der Waals surface area contributed by atoms with Crippen LogP contribution in [0.1, 0.15) is 42.1 Å². The molecule has 0 aliphatic carbocycles. The fraction of sp³-hybridized carbons (Fsp3) is 0.467. The standard InChI is InChI=1S/C15H21N3O2/c1-2-15(7-4-8-18-15)14(20)17-10-11-5-3-6-12(9-11)13(16)19/h3,5-6,9,18H,2,4,7-8,10H2,1H3,(H2,16,19)(H,17,20). The predicted octanol–water partition coefficient (Wildman–Crippen LogP) is 0.934. The number of nitrogens with two attached hydrogens (primary N) is 1. The summed E-state index contributed by atoms with van der Waals surface area (Å²) >= 11 is 0. The Morgan fingerprint density at radius 3 is 2.85 bits per heavy atom. The lowest BCUT2D eigenvalue weighted by Crippen LogP contribution is -2.52. The van der Waals surface area contributed by atoms with E-state index in [1.807, 2.05) is 13.0 Å². The van der Waals surface area contributed by atoms with E-state index >= 15 is 0 Å². The number of nitrogens with one attached hydrogen (secondary N) is 2. The Balaban J connectivity index is 1.99. The first-order valence-corrected chi connectivity index (χ1v) is 6.99. The fourth-order valence-electron chi connectivity index (χ4n) is 2.65. The van der Waals surface area contributed by atoms with E-state index in [1.54, 1.807) is 18.2 Å². The topological polar surface area (TPSA) is 84.2 Å². The van der Waals surface area contributed by atoms with Crippen molar-refractivity contribution in [2.45, 2.75) is 38.3 Å². The summed E-state index contributed by atoms with van der Waals surface area (Å²) in [6, 6.07) is 7.02. The van der Waals surface area contributed by atoms with Crippen molar-refractivity contribution in [3.8, 4) is 0 Å². The van der Waals surface area contributed by atoms with Gasteiger partial charge in [-0.15, -0.1) is 0 Å². The minimum atomic E-state index is -0.458. The fourth-order valence-corrected chi connectivity index (χ4v) is 2.65. The average Bonchev–Trinajstić information content (AvgIpc) is 2.95. The summed E-state index contributed by atoms with van der Waals surface area (Å²) in [5.74, 6) is -0.428. The highest BCUT2D eigenvalue weighted by molar-refractivity contribution is 5.93. The zero-order valence-corrected chi connectivity index (χ0v) is 11.7. The van der Waals surface area contributed by atoms with E-state index in [0.29, 0.717) is 12.1 Å². The Kier molecular flexibility index (Phi) is 4.39. The monoisotopic (exact) mass is 275 g/mol. The molecule has 0 saturated carbocycles. The molecule has 1 aliphatic rings. The Labute approximate surface area is 118 Å². The highest BCUT2D eigenvalue weighted by Crippen LogP contribution is 2.23. The molecule has 1 atom stereocenters. The Morgan fingerprint density at radius 2 is 2.25 bits per heavy atom. The molecule has 1 aromatic carbocycles. The van der Waals surface area contributed by atoms with Crippen LogP contribution in [-0.4, -0.2) is 23.9 Å². The summed E-state index contributed by atoms with van der Waals surface area (Å²) < 4.78 is 0. The molecule has 1 aromatic rings. The number of benzene rings is 1. The van der Waals surface area contributed by atoms with Gasteiger partial charge in [0.15, 0.2) is 0 Å². The van der Waals surface area contributed by atoms with E-state index in [0.717, 1.165) is 31.4 Å². The maximum absolute atomic E-state index is 12.3. The van der Waals surface area contributed by atoms with Gasteiger partial charge < -0.3 is 16.4 Å². The van der Waals surface area contributed by atoms with Gasteiger partial charge in [0.05, 0.1) is 5.54 Å². The second kappa shape index (κ2) is 6.05. The molecule has 0 radical (unpaired) electrons. The maximum Gasteiger partial charge on any atom is 0.248 e. The van der Waals surface area contributed by atoms with E-state index < -0.39 is 11.4 Å². The van der Waals surface area contributed by atoms with Crippen LogP contribution < -0.4 is 16.4 Å². The molecule has 1 saturated heterocycles. The second-order valence-electron chi connectivity index (χ2n) is 5.21. The summed E-state index contributed by atoms with van der Waals surface area (Å²) in [5.41, 5.74) is 6.15. The highest BCUT2D eigenvalue weighted by Gasteiger charge is 2.38. The normalized spacial score (nSPS) is 21.6. The first kappa shape index (κ1) is 14.5. The van der Waals surface area contributed by atoms with E-state index in [2.05, 4.69) is 10.6 Å². The zero-order chi connectivity index (χ0) is 14.6. The minimum absolute atomic E-state index is 0.0296. The summed E-state index contributed by atoms with van der Waals surface area (Å²) in [5, 5.41) is 6.24. The summed E-state index contributed by atoms with van der Waals surface area (Å²) in [7, 11) is 0. The third kappa shape index (κ3) is 2.99. The lowest BCUT2D eigenvalue weighted by atomic mass is 9.93. The van der Waals surface area contributed by atoms with Crippen LogP contribution in [0, 0.1) is 0 Å². The number of carbonyl (C=O) groups excluding carboxylic acids is 2. The van der Waals surface area contributed by atoms with Crippen molar-refractivity contribution in [2.75, 3.05) is 6.54 Å². The van der Waals surface area contributed by atoms with Crippen LogP contribution in [0.15, 0.2) is 24.3 Å². The first-order valence-electron chi connectivity index (χ1n) is 6.99. The van der Waals surface area contributed by atoms with Crippen molar-refractivity contribution in [1.82, 2.24) is 10.6 Å². The van der Waals surface area contributed by atoms with Gasteiger partial charge in [-0.05, 0) is 43.5 Å². The molecule has 4 N–H and O–H groups in total. The molecule has 5 heteroatoms. The lowest BCUT2D eigenvalue weighted by molar-refractivity contribution is -0.127. The summed E-state index contributed by atoms with van der Waals surface area (Å²) in [6.45, 7) is 3.31. The van der Waals surface area contributed by atoms with Crippen LogP contribution in [0.4, 0.5) is 0 Å². The number of primary amides is 1. The van der Waals surface area contributed by atoms with Gasteiger partial charge in [0.25, 0.3) is 0 Å². The molecule has 0 spiro atoms. The smallest absolute Gasteiger partial charge is 0.248 e. The van der Waals surface area contributed by atoms with Crippen LogP contribution in [0.25, 0.3) is 0 Å². The molecule has 2 rings (SSSR count). The molecule has 1 unspecified atom stereocenters. The predicted molar refractivity (Wildman–Crippen MR) is 77.1 cm³/mol. The van der Waals surface area contributed by atoms with Gasteiger partial charge in [-0.25, -0.2) is 0 Å². The SMILES string of the molecule is CCC1(C(=O)NCc2cccc(C(N)=O)c2)CCCN1. The van der Waals surface area contributed by atoms with Crippen LogP contribution >= 0.6 is 0 Å². The Hall–Kier alpha value is -1.88. The summed E-state index contributed by atoms with van der Waals surface area (Å²) in [4.78, 5) is 23.4. The van der Waals surface area contributed by atoms with Gasteiger partial charge >= 0.3 is 0 Å². The number of rotatable bonds is 5. The van der Waals surface area contributed by atoms with Crippen LogP contribution in [0.5, 0.6) is 0 Å². The largest absolute Gasteiger partial charge is 0.366 e. The molecule has 1 fully saturated rings. The molecule has 2 amide bonds. The molecule has 0 aromatic heterocycles. The van der Waals surface area contributed by atoms with Crippen molar-refractivity contribution < 1.29 is 9.59 Å². The van der Waals surface area contributed by atoms with Crippen molar-refractivity contribution >= 4 is 11.8 Å². The highest BCUT2D eigenvalue weighted by atomic mass is 16.2. The third-order valence-corrected chi connectivity index (χ3v) is 3.95. The van der Waals surface area contributed by atoms with Crippen LogP contribution in [0.2, 0.25) is 0 Å². The third-order valence-electron chi connectivity index (χ3n) is 3.95. The van der Waals surface area contributed by atoms with E-state index in [1.165, 1.54) is 0 Å². The minimum Gasteiger partial charge on any atom is -0.366 e. The number of hydrogen-bond acceptors (Lipinski definition) is 3. The van der Waals surface area contributed by atoms with Gasteiger partial charge in [0, 0.05) is 12.1 Å². The van der Waals surface area contributed by atoms with Crippen molar-refractivity contribution in [3.63, 3.8) is 0 Å². The lowest BCUT2D eigenvalue weighted by Gasteiger charge is -2.26. The van der Waals surface area contributed by atoms with Crippen LogP contribution in [-0.2, 0) is 11.3 Å². The number of carbonyl (C=O) groups is 2. The first-order chi connectivity index (χ1) is 9.57. The molecular formula is C15H21N3O2. The number of amides is 2. The van der Waals surface area contributed by atoms with Gasteiger partial charge in [0.1, 0.15) is 0 Å².